The highest BCUT2D eigenvalue weighted by Gasteiger charge is 2.27. The molecule has 0 N–H and O–H groups in total. The number of hydrogen-bond donors (Lipinski definition) is 0. The first kappa shape index (κ1) is 13.2. The summed E-state index contributed by atoms with van der Waals surface area (Å²) < 4.78 is 5.74. The number of hydrogen-bond acceptors (Lipinski definition) is 5. The summed E-state index contributed by atoms with van der Waals surface area (Å²) in [6.45, 7) is 10.5. The van der Waals surface area contributed by atoms with Crippen LogP contribution in [0, 0.1) is 0 Å². The summed E-state index contributed by atoms with van der Waals surface area (Å²) in [6, 6.07) is 0. The van der Waals surface area contributed by atoms with Crippen LogP contribution in [0.3, 0.4) is 0 Å². The molecule has 0 saturated heterocycles. The van der Waals surface area contributed by atoms with Gasteiger partial charge in [-0.3, -0.25) is 4.98 Å². The predicted octanol–water partition coefficient (Wildman–Crippen LogP) is 3.34. The van der Waals surface area contributed by atoms with Gasteiger partial charge in [-0.05, 0) is 0 Å². The van der Waals surface area contributed by atoms with E-state index in [0.29, 0.717) is 11.8 Å². The quantitative estimate of drug-likeness (QED) is 0.854. The molecule has 4 nitrogen and oxygen atoms in total. The van der Waals surface area contributed by atoms with Crippen LogP contribution >= 0.6 is 11.3 Å². The van der Waals surface area contributed by atoms with Crippen molar-refractivity contribution in [3.63, 3.8) is 0 Å². The van der Waals surface area contributed by atoms with Crippen molar-refractivity contribution in [2.45, 2.75) is 51.9 Å². The van der Waals surface area contributed by atoms with E-state index in [2.05, 4.69) is 49.8 Å². The lowest BCUT2D eigenvalue weighted by atomic mass is 9.88. The lowest BCUT2D eigenvalue weighted by molar-refractivity contribution is 0.352. The first-order valence-electron chi connectivity index (χ1n) is 6.01. The molecule has 18 heavy (non-hydrogen) atoms. The smallest absolute Gasteiger partial charge is 0.221 e. The SMILES string of the molecule is CC(C)(C)c1nnc(CC(C)(C)c2cncs2)o1. The maximum atomic E-state index is 5.74. The van der Waals surface area contributed by atoms with Crippen LogP contribution in [0.25, 0.3) is 0 Å². The molecule has 98 valence electrons. The van der Waals surface area contributed by atoms with Crippen LogP contribution in [0.1, 0.15) is 51.3 Å². The highest BCUT2D eigenvalue weighted by molar-refractivity contribution is 7.09. The normalized spacial score (nSPS) is 12.9. The molecule has 0 bridgehead atoms. The van der Waals surface area contributed by atoms with Crippen molar-refractivity contribution in [3.05, 3.63) is 28.4 Å². The van der Waals surface area contributed by atoms with Gasteiger partial charge in [0.1, 0.15) is 0 Å². The highest BCUT2D eigenvalue weighted by Crippen LogP contribution is 2.30. The van der Waals surface area contributed by atoms with E-state index in [1.165, 1.54) is 4.88 Å². The lowest BCUT2D eigenvalue weighted by Gasteiger charge is -2.20. The second kappa shape index (κ2) is 4.46. The number of thiazole rings is 1. The minimum atomic E-state index is -0.0973. The molecule has 2 aromatic heterocycles. The van der Waals surface area contributed by atoms with Gasteiger partial charge < -0.3 is 4.42 Å². The Labute approximate surface area is 111 Å². The molecule has 0 atom stereocenters. The van der Waals surface area contributed by atoms with Gasteiger partial charge in [0.2, 0.25) is 11.8 Å². The Morgan fingerprint density at radius 3 is 2.39 bits per heavy atom. The van der Waals surface area contributed by atoms with Crippen molar-refractivity contribution in [1.82, 2.24) is 15.2 Å². The fourth-order valence-electron chi connectivity index (χ4n) is 1.64. The van der Waals surface area contributed by atoms with Gasteiger partial charge >= 0.3 is 0 Å². The van der Waals surface area contributed by atoms with Crippen LogP contribution in [0.4, 0.5) is 0 Å². The van der Waals surface area contributed by atoms with Gasteiger partial charge in [-0.25, -0.2) is 0 Å². The number of aromatic nitrogens is 3. The molecule has 0 radical (unpaired) electrons. The molecule has 5 heteroatoms. The number of nitrogens with zero attached hydrogens (tertiary/aromatic N) is 3. The third kappa shape index (κ3) is 2.77. The molecule has 0 unspecified atom stereocenters. The summed E-state index contributed by atoms with van der Waals surface area (Å²) in [5.74, 6) is 1.39. The van der Waals surface area contributed by atoms with Crippen molar-refractivity contribution in [1.29, 1.82) is 0 Å². The van der Waals surface area contributed by atoms with E-state index >= 15 is 0 Å². The molecule has 2 aromatic rings. The van der Waals surface area contributed by atoms with Crippen LogP contribution in [-0.4, -0.2) is 15.2 Å². The van der Waals surface area contributed by atoms with E-state index in [-0.39, 0.29) is 10.8 Å². The fourth-order valence-corrected chi connectivity index (χ4v) is 2.39. The van der Waals surface area contributed by atoms with Gasteiger partial charge in [0, 0.05) is 28.3 Å². The van der Waals surface area contributed by atoms with E-state index in [4.69, 9.17) is 4.42 Å². The van der Waals surface area contributed by atoms with E-state index in [0.717, 1.165) is 6.42 Å². The Kier molecular flexibility index (Phi) is 3.27. The fraction of sp³-hybridized carbons (Fsp3) is 0.615. The molecule has 0 aliphatic carbocycles. The molecule has 0 amide bonds. The largest absolute Gasteiger partial charge is 0.425 e. The Morgan fingerprint density at radius 2 is 1.89 bits per heavy atom. The lowest BCUT2D eigenvalue weighted by Crippen LogP contribution is -2.19. The third-order valence-corrected chi connectivity index (χ3v) is 3.94. The molecule has 2 heterocycles. The summed E-state index contributed by atoms with van der Waals surface area (Å²) in [5.41, 5.74) is 1.73. The van der Waals surface area contributed by atoms with Gasteiger partial charge in [-0.2, -0.15) is 0 Å². The van der Waals surface area contributed by atoms with Crippen LogP contribution in [0.2, 0.25) is 0 Å². The van der Waals surface area contributed by atoms with Gasteiger partial charge in [0.05, 0.1) is 5.51 Å². The second-order valence-corrected chi connectivity index (χ2v) is 7.06. The summed E-state index contributed by atoms with van der Waals surface area (Å²) in [4.78, 5) is 5.36. The average Bonchev–Trinajstić information content (AvgIpc) is 2.83. The van der Waals surface area contributed by atoms with E-state index in [9.17, 15) is 0 Å². The van der Waals surface area contributed by atoms with E-state index in [1.807, 2.05) is 11.7 Å². The molecule has 0 fully saturated rings. The van der Waals surface area contributed by atoms with Crippen molar-refractivity contribution in [3.8, 4) is 0 Å². The first-order valence-corrected chi connectivity index (χ1v) is 6.89. The molecule has 0 saturated carbocycles. The molecule has 0 spiro atoms. The number of rotatable bonds is 3. The van der Waals surface area contributed by atoms with Crippen molar-refractivity contribution in [2.75, 3.05) is 0 Å². The van der Waals surface area contributed by atoms with Gasteiger partial charge in [-0.15, -0.1) is 21.5 Å². The minimum Gasteiger partial charge on any atom is -0.425 e. The van der Waals surface area contributed by atoms with Gasteiger partial charge in [0.15, 0.2) is 0 Å². The molecule has 0 aliphatic rings. The van der Waals surface area contributed by atoms with Crippen LogP contribution in [0.15, 0.2) is 16.1 Å². The molecule has 0 aliphatic heterocycles. The zero-order chi connectivity index (χ0) is 13.4. The van der Waals surface area contributed by atoms with Crippen LogP contribution in [-0.2, 0) is 17.3 Å². The van der Waals surface area contributed by atoms with Crippen molar-refractivity contribution < 1.29 is 4.42 Å². The summed E-state index contributed by atoms with van der Waals surface area (Å²) >= 11 is 1.66. The zero-order valence-corrected chi connectivity index (χ0v) is 12.3. The van der Waals surface area contributed by atoms with Gasteiger partial charge in [0.25, 0.3) is 0 Å². The Morgan fingerprint density at radius 1 is 1.17 bits per heavy atom. The van der Waals surface area contributed by atoms with Crippen molar-refractivity contribution >= 4 is 11.3 Å². The summed E-state index contributed by atoms with van der Waals surface area (Å²) in [7, 11) is 0. The standard InChI is InChI=1S/C13H19N3OS/c1-12(2,3)11-16-15-10(17-11)6-13(4,5)9-7-14-8-18-9/h7-8H,6H2,1-5H3. The minimum absolute atomic E-state index is 0.0249. The molecule has 0 aromatic carbocycles. The maximum Gasteiger partial charge on any atom is 0.221 e. The van der Waals surface area contributed by atoms with E-state index in [1.54, 1.807) is 11.3 Å². The molecular formula is C13H19N3OS. The highest BCUT2D eigenvalue weighted by atomic mass is 32.1. The van der Waals surface area contributed by atoms with Crippen LogP contribution in [0.5, 0.6) is 0 Å². The third-order valence-electron chi connectivity index (χ3n) is 2.80. The monoisotopic (exact) mass is 265 g/mol. The molecule has 2 rings (SSSR count). The summed E-state index contributed by atoms with van der Waals surface area (Å²) in [6.07, 6.45) is 2.64. The Hall–Kier alpha value is -1.23. The first-order chi connectivity index (χ1) is 8.29. The average molecular weight is 265 g/mol. The van der Waals surface area contributed by atoms with Crippen LogP contribution < -0.4 is 0 Å². The Bertz CT molecular complexity index is 509. The topological polar surface area (TPSA) is 51.8 Å². The second-order valence-electron chi connectivity index (χ2n) is 6.18. The van der Waals surface area contributed by atoms with Crippen molar-refractivity contribution in [2.24, 2.45) is 0 Å². The molecular weight excluding hydrogens is 246 g/mol. The van der Waals surface area contributed by atoms with E-state index < -0.39 is 0 Å². The summed E-state index contributed by atoms with van der Waals surface area (Å²) in [5, 5.41) is 8.27. The zero-order valence-electron chi connectivity index (χ0n) is 11.5. The predicted molar refractivity (Wildman–Crippen MR) is 71.8 cm³/mol. The van der Waals surface area contributed by atoms with Gasteiger partial charge in [-0.1, -0.05) is 34.6 Å². The maximum absolute atomic E-state index is 5.74. The Balaban J connectivity index is 2.17.